The quantitative estimate of drug-likeness (QED) is 0.301. The standard InChI is InChI=1S/C25H38O4/c1-17(2)24(27)28-11-7-6-10-23(26)29-25(20-8-4-3-5-9-20)21-13-18-12-19(15-21)16-22(25)14-18/h18-22H,1,3-16H2,2H3. The van der Waals surface area contributed by atoms with E-state index in [1.807, 2.05) is 0 Å². The van der Waals surface area contributed by atoms with Crippen molar-refractivity contribution in [3.63, 3.8) is 0 Å². The molecular weight excluding hydrogens is 364 g/mol. The predicted molar refractivity (Wildman–Crippen MR) is 112 cm³/mol. The van der Waals surface area contributed by atoms with Gasteiger partial charge in [0, 0.05) is 12.0 Å². The van der Waals surface area contributed by atoms with Gasteiger partial charge in [0.15, 0.2) is 0 Å². The van der Waals surface area contributed by atoms with E-state index >= 15 is 0 Å². The monoisotopic (exact) mass is 402 g/mol. The van der Waals surface area contributed by atoms with E-state index in [1.165, 1.54) is 64.2 Å². The lowest BCUT2D eigenvalue weighted by Crippen LogP contribution is -2.63. The normalized spacial score (nSPS) is 36.0. The highest BCUT2D eigenvalue weighted by Gasteiger charge is 2.62. The molecule has 0 aromatic heterocycles. The van der Waals surface area contributed by atoms with Crippen LogP contribution in [0.15, 0.2) is 12.2 Å². The molecule has 5 aliphatic rings. The van der Waals surface area contributed by atoms with Gasteiger partial charge in [-0.1, -0.05) is 25.8 Å². The molecule has 0 saturated heterocycles. The highest BCUT2D eigenvalue weighted by Crippen LogP contribution is 2.63. The fraction of sp³-hybridized carbons (Fsp3) is 0.840. The van der Waals surface area contributed by atoms with Crippen molar-refractivity contribution < 1.29 is 19.1 Å². The summed E-state index contributed by atoms with van der Waals surface area (Å²) in [7, 11) is 0. The van der Waals surface area contributed by atoms with E-state index in [0.717, 1.165) is 11.8 Å². The van der Waals surface area contributed by atoms with Crippen LogP contribution in [-0.2, 0) is 19.1 Å². The Bertz CT molecular complexity index is 597. The molecule has 5 fully saturated rings. The first kappa shape index (κ1) is 20.9. The summed E-state index contributed by atoms with van der Waals surface area (Å²) in [5, 5.41) is 0. The fourth-order valence-electron chi connectivity index (χ4n) is 7.30. The van der Waals surface area contributed by atoms with Crippen LogP contribution in [0.5, 0.6) is 0 Å². The maximum atomic E-state index is 12.9. The molecule has 0 heterocycles. The Morgan fingerprint density at radius 1 is 0.897 bits per heavy atom. The maximum absolute atomic E-state index is 12.9. The molecule has 0 amide bonds. The zero-order valence-corrected chi connectivity index (χ0v) is 18.1. The molecule has 4 nitrogen and oxygen atoms in total. The summed E-state index contributed by atoms with van der Waals surface area (Å²) in [6, 6.07) is 0. The second kappa shape index (κ2) is 8.81. The van der Waals surface area contributed by atoms with Crippen LogP contribution in [0.4, 0.5) is 0 Å². The second-order valence-electron chi connectivity index (χ2n) is 10.3. The van der Waals surface area contributed by atoms with Crippen LogP contribution in [0.1, 0.15) is 90.4 Å². The van der Waals surface area contributed by atoms with Crippen molar-refractivity contribution >= 4 is 11.9 Å². The Hall–Kier alpha value is -1.32. The van der Waals surface area contributed by atoms with E-state index in [2.05, 4.69) is 6.58 Å². The van der Waals surface area contributed by atoms with E-state index in [0.29, 0.717) is 49.2 Å². The van der Waals surface area contributed by atoms with E-state index in [4.69, 9.17) is 9.47 Å². The molecule has 0 unspecified atom stereocenters. The summed E-state index contributed by atoms with van der Waals surface area (Å²) in [6.07, 6.45) is 14.8. The van der Waals surface area contributed by atoms with Gasteiger partial charge in [-0.05, 0) is 94.3 Å². The van der Waals surface area contributed by atoms with Gasteiger partial charge in [0.1, 0.15) is 5.60 Å². The molecule has 0 aliphatic heterocycles. The molecule has 5 rings (SSSR count). The number of hydrogen-bond donors (Lipinski definition) is 0. The van der Waals surface area contributed by atoms with E-state index in [1.54, 1.807) is 6.92 Å². The Kier molecular flexibility index (Phi) is 6.36. The van der Waals surface area contributed by atoms with Crippen LogP contribution in [0, 0.1) is 29.6 Å². The lowest BCUT2D eigenvalue weighted by atomic mass is 9.46. The smallest absolute Gasteiger partial charge is 0.333 e. The summed E-state index contributed by atoms with van der Waals surface area (Å²) >= 11 is 0. The number of rotatable bonds is 8. The van der Waals surface area contributed by atoms with Crippen molar-refractivity contribution in [1.29, 1.82) is 0 Å². The van der Waals surface area contributed by atoms with Crippen molar-refractivity contribution in [2.24, 2.45) is 29.6 Å². The van der Waals surface area contributed by atoms with Gasteiger partial charge >= 0.3 is 11.9 Å². The Morgan fingerprint density at radius 3 is 2.10 bits per heavy atom. The maximum Gasteiger partial charge on any atom is 0.333 e. The van der Waals surface area contributed by atoms with Gasteiger partial charge in [-0.2, -0.15) is 0 Å². The highest BCUT2D eigenvalue weighted by atomic mass is 16.6. The SMILES string of the molecule is C=C(C)C(=O)OCCCCC(=O)OC1(C2CCCCC2)C2CC3CC(C2)CC1C3. The largest absolute Gasteiger partial charge is 0.462 e. The predicted octanol–water partition coefficient (Wildman–Crippen LogP) is 5.59. The molecule has 0 aromatic carbocycles. The van der Waals surface area contributed by atoms with Crippen molar-refractivity contribution in [2.45, 2.75) is 96.0 Å². The summed E-state index contributed by atoms with van der Waals surface area (Å²) in [5.74, 6) is 3.18. The van der Waals surface area contributed by atoms with Crippen LogP contribution in [0.2, 0.25) is 0 Å². The zero-order valence-electron chi connectivity index (χ0n) is 18.1. The molecule has 0 N–H and O–H groups in total. The molecule has 29 heavy (non-hydrogen) atoms. The van der Waals surface area contributed by atoms with Gasteiger partial charge in [-0.25, -0.2) is 4.79 Å². The van der Waals surface area contributed by atoms with Crippen LogP contribution in [0.3, 0.4) is 0 Å². The Morgan fingerprint density at radius 2 is 1.52 bits per heavy atom. The summed E-state index contributed by atoms with van der Waals surface area (Å²) in [5.41, 5.74) is 0.248. The van der Waals surface area contributed by atoms with Gasteiger partial charge in [-0.15, -0.1) is 0 Å². The number of carbonyl (C=O) groups is 2. The van der Waals surface area contributed by atoms with Gasteiger partial charge in [0.25, 0.3) is 0 Å². The van der Waals surface area contributed by atoms with Gasteiger partial charge in [0.05, 0.1) is 6.61 Å². The fourth-order valence-corrected chi connectivity index (χ4v) is 7.30. The summed E-state index contributed by atoms with van der Waals surface area (Å²) < 4.78 is 11.7. The minimum absolute atomic E-state index is 0.0192. The molecule has 5 saturated carbocycles. The van der Waals surface area contributed by atoms with E-state index in [-0.39, 0.29) is 17.5 Å². The molecule has 162 valence electrons. The number of carbonyl (C=O) groups excluding carboxylic acids is 2. The third kappa shape index (κ3) is 4.27. The van der Waals surface area contributed by atoms with Crippen molar-refractivity contribution in [3.05, 3.63) is 12.2 Å². The van der Waals surface area contributed by atoms with Crippen LogP contribution >= 0.6 is 0 Å². The average molecular weight is 403 g/mol. The van der Waals surface area contributed by atoms with E-state index < -0.39 is 0 Å². The van der Waals surface area contributed by atoms with Crippen LogP contribution < -0.4 is 0 Å². The molecular formula is C25H38O4. The lowest BCUT2D eigenvalue weighted by Gasteiger charge is -2.63. The van der Waals surface area contributed by atoms with Gasteiger partial charge < -0.3 is 9.47 Å². The van der Waals surface area contributed by atoms with Crippen LogP contribution in [0.25, 0.3) is 0 Å². The zero-order chi connectivity index (χ0) is 20.4. The number of esters is 2. The van der Waals surface area contributed by atoms with E-state index in [9.17, 15) is 9.59 Å². The van der Waals surface area contributed by atoms with Crippen LogP contribution in [-0.4, -0.2) is 24.1 Å². The molecule has 0 atom stereocenters. The number of unbranched alkanes of at least 4 members (excludes halogenated alkanes) is 1. The molecule has 0 aromatic rings. The molecule has 4 heteroatoms. The highest BCUT2D eigenvalue weighted by molar-refractivity contribution is 5.86. The third-order valence-corrected chi connectivity index (χ3v) is 8.30. The summed E-state index contributed by atoms with van der Waals surface area (Å²) in [6.45, 7) is 5.58. The average Bonchev–Trinajstić information content (AvgIpc) is 2.70. The first-order chi connectivity index (χ1) is 14.0. The Labute approximate surface area is 175 Å². The second-order valence-corrected chi connectivity index (χ2v) is 10.3. The first-order valence-corrected chi connectivity index (χ1v) is 12.0. The molecule has 0 radical (unpaired) electrons. The third-order valence-electron chi connectivity index (χ3n) is 8.30. The minimum Gasteiger partial charge on any atom is -0.462 e. The lowest BCUT2D eigenvalue weighted by molar-refractivity contribution is -0.232. The van der Waals surface area contributed by atoms with Gasteiger partial charge in [-0.3, -0.25) is 4.79 Å². The summed E-state index contributed by atoms with van der Waals surface area (Å²) in [4.78, 5) is 24.4. The number of ether oxygens (including phenoxy) is 2. The topological polar surface area (TPSA) is 52.6 Å². The molecule has 0 spiro atoms. The molecule has 4 bridgehead atoms. The molecule has 5 aliphatic carbocycles. The van der Waals surface area contributed by atoms with Gasteiger partial charge in [0.2, 0.25) is 0 Å². The first-order valence-electron chi connectivity index (χ1n) is 12.0. The Balaban J connectivity index is 1.36. The minimum atomic E-state index is -0.350. The number of hydrogen-bond acceptors (Lipinski definition) is 4. The van der Waals surface area contributed by atoms with Crippen molar-refractivity contribution in [3.8, 4) is 0 Å². The van der Waals surface area contributed by atoms with Crippen molar-refractivity contribution in [1.82, 2.24) is 0 Å². The van der Waals surface area contributed by atoms with Crippen molar-refractivity contribution in [2.75, 3.05) is 6.61 Å².